The van der Waals surface area contributed by atoms with Gasteiger partial charge in [0.05, 0.1) is 30.2 Å². The fraction of sp³-hybridized carbons (Fsp3) is 0.167. The molecule has 0 aliphatic carbocycles. The lowest BCUT2D eigenvalue weighted by atomic mass is 10.1. The van der Waals surface area contributed by atoms with Crippen LogP contribution in [0.1, 0.15) is 0 Å². The molecule has 1 aromatic carbocycles. The van der Waals surface area contributed by atoms with Crippen LogP contribution in [-0.4, -0.2) is 24.6 Å². The molecule has 5 heteroatoms. The zero-order chi connectivity index (χ0) is 12.3. The van der Waals surface area contributed by atoms with E-state index in [9.17, 15) is 4.79 Å². The van der Waals surface area contributed by atoms with Crippen molar-refractivity contribution in [2.75, 3.05) is 24.7 Å². The van der Waals surface area contributed by atoms with Gasteiger partial charge in [0.25, 0.3) is 0 Å². The van der Waals surface area contributed by atoms with Gasteiger partial charge in [-0.05, 0) is 6.07 Å². The first-order chi connectivity index (χ1) is 8.22. The molecule has 0 aliphatic heterocycles. The summed E-state index contributed by atoms with van der Waals surface area (Å²) in [5, 5.41) is 3.85. The number of nitrogens with zero attached hydrogens (tertiary/aromatic N) is 1. The number of methoxy groups -OCH3 is 1. The van der Waals surface area contributed by atoms with Crippen molar-refractivity contribution in [2.24, 2.45) is 0 Å². The van der Waals surface area contributed by atoms with Crippen molar-refractivity contribution in [3.63, 3.8) is 0 Å². The summed E-state index contributed by atoms with van der Waals surface area (Å²) in [6.07, 6.45) is 1.57. The highest BCUT2D eigenvalue weighted by Gasteiger charge is 2.07. The third kappa shape index (κ3) is 2.28. The van der Waals surface area contributed by atoms with Gasteiger partial charge in [-0.2, -0.15) is 0 Å². The maximum atomic E-state index is 11.1. The molecule has 0 spiro atoms. The van der Waals surface area contributed by atoms with Crippen LogP contribution in [-0.2, 0) is 9.53 Å². The summed E-state index contributed by atoms with van der Waals surface area (Å²) in [5.41, 5.74) is 7.88. The summed E-state index contributed by atoms with van der Waals surface area (Å²) in [4.78, 5) is 15.3. The number of carbonyl (C=O) groups is 1. The number of fused-ring (bicyclic) bond motifs is 1. The van der Waals surface area contributed by atoms with E-state index in [1.165, 1.54) is 7.11 Å². The van der Waals surface area contributed by atoms with Gasteiger partial charge in [0.1, 0.15) is 6.54 Å². The van der Waals surface area contributed by atoms with Crippen molar-refractivity contribution < 1.29 is 9.53 Å². The summed E-state index contributed by atoms with van der Waals surface area (Å²) in [6.45, 7) is 0.0781. The van der Waals surface area contributed by atoms with Crippen molar-refractivity contribution in [2.45, 2.75) is 0 Å². The summed E-state index contributed by atoms with van der Waals surface area (Å²) in [5.74, 6) is -0.342. The molecule has 0 atom stereocenters. The standard InChI is InChI=1S/C12H13N3O2/c1-17-11(16)7-15-12-8-4-2-3-5-10(8)14-6-9(12)13/h2-6H,7,13H2,1H3,(H,14,15). The smallest absolute Gasteiger partial charge is 0.325 e. The molecule has 0 amide bonds. The minimum atomic E-state index is -0.342. The molecule has 0 fully saturated rings. The van der Waals surface area contributed by atoms with E-state index in [0.29, 0.717) is 11.4 Å². The maximum absolute atomic E-state index is 11.1. The minimum absolute atomic E-state index is 0.0781. The van der Waals surface area contributed by atoms with Crippen molar-refractivity contribution in [3.05, 3.63) is 30.5 Å². The van der Waals surface area contributed by atoms with Gasteiger partial charge < -0.3 is 15.8 Å². The number of para-hydroxylation sites is 1. The molecule has 5 nitrogen and oxygen atoms in total. The summed E-state index contributed by atoms with van der Waals surface area (Å²) < 4.78 is 4.57. The first-order valence-corrected chi connectivity index (χ1v) is 5.16. The first-order valence-electron chi connectivity index (χ1n) is 5.16. The average molecular weight is 231 g/mol. The maximum Gasteiger partial charge on any atom is 0.325 e. The molecule has 3 N–H and O–H groups in total. The van der Waals surface area contributed by atoms with Gasteiger partial charge in [0.15, 0.2) is 0 Å². The Morgan fingerprint density at radius 3 is 3.00 bits per heavy atom. The molecule has 0 saturated carbocycles. The van der Waals surface area contributed by atoms with Gasteiger partial charge in [0, 0.05) is 5.39 Å². The number of hydrogen-bond acceptors (Lipinski definition) is 5. The molecule has 0 radical (unpaired) electrons. The monoisotopic (exact) mass is 231 g/mol. The van der Waals surface area contributed by atoms with E-state index < -0.39 is 0 Å². The Hall–Kier alpha value is -2.30. The molecule has 0 bridgehead atoms. The number of carbonyl (C=O) groups excluding carboxylic acids is 1. The summed E-state index contributed by atoms with van der Waals surface area (Å²) >= 11 is 0. The Labute approximate surface area is 98.6 Å². The second kappa shape index (κ2) is 4.69. The summed E-state index contributed by atoms with van der Waals surface area (Å²) in [7, 11) is 1.35. The van der Waals surface area contributed by atoms with Crippen LogP contribution in [0.15, 0.2) is 30.5 Å². The Bertz CT molecular complexity index is 554. The predicted molar refractivity (Wildman–Crippen MR) is 66.7 cm³/mol. The number of esters is 1. The van der Waals surface area contributed by atoms with Crippen molar-refractivity contribution in [1.29, 1.82) is 0 Å². The molecular formula is C12H13N3O2. The lowest BCUT2D eigenvalue weighted by Gasteiger charge is -2.10. The fourth-order valence-corrected chi connectivity index (χ4v) is 1.59. The second-order valence-electron chi connectivity index (χ2n) is 3.54. The quantitative estimate of drug-likeness (QED) is 0.781. The number of benzene rings is 1. The van der Waals surface area contributed by atoms with Crippen LogP contribution < -0.4 is 11.1 Å². The number of pyridine rings is 1. The van der Waals surface area contributed by atoms with Crippen molar-refractivity contribution in [1.82, 2.24) is 4.98 Å². The Balaban J connectivity index is 2.37. The van der Waals surface area contributed by atoms with Gasteiger partial charge in [-0.25, -0.2) is 0 Å². The van der Waals surface area contributed by atoms with Crippen LogP contribution in [0.5, 0.6) is 0 Å². The molecule has 17 heavy (non-hydrogen) atoms. The number of rotatable bonds is 3. The normalized spacial score (nSPS) is 10.2. The van der Waals surface area contributed by atoms with E-state index in [1.807, 2.05) is 24.3 Å². The largest absolute Gasteiger partial charge is 0.468 e. The number of anilines is 2. The molecule has 2 rings (SSSR count). The lowest BCUT2D eigenvalue weighted by Crippen LogP contribution is -2.16. The molecule has 0 saturated heterocycles. The van der Waals surface area contributed by atoms with Crippen LogP contribution in [0.2, 0.25) is 0 Å². The van der Waals surface area contributed by atoms with Crippen LogP contribution in [0.25, 0.3) is 10.9 Å². The molecule has 2 aromatic rings. The Kier molecular flexibility index (Phi) is 3.09. The average Bonchev–Trinajstić information content (AvgIpc) is 2.37. The highest BCUT2D eigenvalue weighted by atomic mass is 16.5. The minimum Gasteiger partial charge on any atom is -0.468 e. The van der Waals surface area contributed by atoms with E-state index in [1.54, 1.807) is 6.20 Å². The van der Waals surface area contributed by atoms with E-state index in [2.05, 4.69) is 15.0 Å². The molecular weight excluding hydrogens is 218 g/mol. The van der Waals surface area contributed by atoms with Crippen LogP contribution in [0.3, 0.4) is 0 Å². The molecule has 1 heterocycles. The van der Waals surface area contributed by atoms with Gasteiger partial charge in [-0.3, -0.25) is 9.78 Å². The van der Waals surface area contributed by atoms with E-state index >= 15 is 0 Å². The van der Waals surface area contributed by atoms with Gasteiger partial charge in [-0.1, -0.05) is 18.2 Å². The number of ether oxygens (including phenoxy) is 1. The highest BCUT2D eigenvalue weighted by molar-refractivity contribution is 5.97. The van der Waals surface area contributed by atoms with Crippen LogP contribution in [0, 0.1) is 0 Å². The third-order valence-corrected chi connectivity index (χ3v) is 2.44. The zero-order valence-electron chi connectivity index (χ0n) is 9.43. The van der Waals surface area contributed by atoms with Crippen molar-refractivity contribution in [3.8, 4) is 0 Å². The number of aromatic nitrogens is 1. The van der Waals surface area contributed by atoms with Crippen LogP contribution >= 0.6 is 0 Å². The molecule has 1 aromatic heterocycles. The van der Waals surface area contributed by atoms with Crippen molar-refractivity contribution >= 4 is 28.2 Å². The highest BCUT2D eigenvalue weighted by Crippen LogP contribution is 2.27. The number of hydrogen-bond donors (Lipinski definition) is 2. The molecule has 88 valence electrons. The van der Waals surface area contributed by atoms with Gasteiger partial charge in [-0.15, -0.1) is 0 Å². The van der Waals surface area contributed by atoms with Gasteiger partial charge in [0.2, 0.25) is 0 Å². The SMILES string of the molecule is COC(=O)CNc1c(N)cnc2ccccc12. The third-order valence-electron chi connectivity index (χ3n) is 2.44. The fourth-order valence-electron chi connectivity index (χ4n) is 1.59. The number of nitrogens with one attached hydrogen (secondary N) is 1. The summed E-state index contributed by atoms with van der Waals surface area (Å²) in [6, 6.07) is 7.58. The van der Waals surface area contributed by atoms with Gasteiger partial charge >= 0.3 is 5.97 Å². The molecule has 0 aliphatic rings. The predicted octanol–water partition coefficient (Wildman–Crippen LogP) is 1.40. The second-order valence-corrected chi connectivity index (χ2v) is 3.54. The number of nitrogen functional groups attached to an aromatic ring is 1. The topological polar surface area (TPSA) is 77.2 Å². The Morgan fingerprint density at radius 2 is 2.24 bits per heavy atom. The lowest BCUT2D eigenvalue weighted by molar-refractivity contribution is -0.138. The zero-order valence-corrected chi connectivity index (χ0v) is 9.43. The number of nitrogens with two attached hydrogens (primary N) is 1. The Morgan fingerprint density at radius 1 is 1.47 bits per heavy atom. The van der Waals surface area contributed by atoms with E-state index in [-0.39, 0.29) is 12.5 Å². The first kappa shape index (κ1) is 11.2. The van der Waals surface area contributed by atoms with E-state index in [4.69, 9.17) is 5.73 Å². The molecule has 0 unspecified atom stereocenters. The van der Waals surface area contributed by atoms with Crippen LogP contribution in [0.4, 0.5) is 11.4 Å². The van der Waals surface area contributed by atoms with E-state index in [0.717, 1.165) is 10.9 Å².